The Bertz CT molecular complexity index is 1100. The first-order valence-electron chi connectivity index (χ1n) is 9.75. The summed E-state index contributed by atoms with van der Waals surface area (Å²) in [5.41, 5.74) is 4.99. The molecule has 4 heterocycles. The molecule has 4 N–H and O–H groups in total. The maximum absolute atomic E-state index is 15.2. The lowest BCUT2D eigenvalue weighted by molar-refractivity contribution is -0.148. The van der Waals surface area contributed by atoms with E-state index in [2.05, 4.69) is 15.0 Å². The topological polar surface area (TPSA) is 108 Å². The molecule has 0 saturated carbocycles. The minimum atomic E-state index is -1.51. The van der Waals surface area contributed by atoms with E-state index in [-0.39, 0.29) is 42.2 Å². The first-order chi connectivity index (χ1) is 14.3. The van der Waals surface area contributed by atoms with Gasteiger partial charge in [0, 0.05) is 60.7 Å². The number of fused-ring (bicyclic) bond motifs is 1. The lowest BCUT2D eigenvalue weighted by Crippen LogP contribution is -2.57. The summed E-state index contributed by atoms with van der Waals surface area (Å²) in [6, 6.07) is 2.77. The Labute approximate surface area is 171 Å². The highest BCUT2D eigenvalue weighted by Gasteiger charge is 2.48. The molecule has 3 aromatic rings. The van der Waals surface area contributed by atoms with E-state index in [4.69, 9.17) is 5.73 Å². The normalized spacial score (nSPS) is 24.4. The van der Waals surface area contributed by atoms with Gasteiger partial charge in [0.25, 0.3) is 0 Å². The van der Waals surface area contributed by atoms with Crippen molar-refractivity contribution in [3.63, 3.8) is 0 Å². The fraction of sp³-hybridized carbons (Fsp3) is 0.381. The molecule has 1 aliphatic rings. The minimum absolute atomic E-state index is 0.0611. The Morgan fingerprint density at radius 1 is 1.30 bits per heavy atom. The number of amides is 1. The van der Waals surface area contributed by atoms with Crippen molar-refractivity contribution in [3.8, 4) is 11.3 Å². The highest BCUT2D eigenvalue weighted by Crippen LogP contribution is 2.42. The quantitative estimate of drug-likeness (QED) is 0.608. The highest BCUT2D eigenvalue weighted by atomic mass is 19.1. The van der Waals surface area contributed by atoms with Gasteiger partial charge in [-0.15, -0.1) is 0 Å². The number of nitrogens with one attached hydrogen (secondary N) is 1. The molecule has 1 unspecified atom stereocenters. The molecule has 0 spiro atoms. The summed E-state index contributed by atoms with van der Waals surface area (Å²) in [5, 5.41) is 11.7. The number of likely N-dealkylation sites (tertiary alicyclic amines) is 1. The van der Waals surface area contributed by atoms with Gasteiger partial charge >= 0.3 is 0 Å². The molecule has 3 atom stereocenters. The van der Waals surface area contributed by atoms with Crippen LogP contribution in [0, 0.1) is 23.5 Å². The number of pyridine rings is 2. The second-order valence-electron chi connectivity index (χ2n) is 7.90. The summed E-state index contributed by atoms with van der Waals surface area (Å²) in [4.78, 5) is 24.7. The first-order valence-corrected chi connectivity index (χ1v) is 9.75. The molecular formula is C21H23F2N5O2. The van der Waals surface area contributed by atoms with Crippen molar-refractivity contribution in [2.45, 2.75) is 19.4 Å². The van der Waals surface area contributed by atoms with Crippen LogP contribution in [0.4, 0.5) is 8.78 Å². The number of nitrogens with two attached hydrogens (primary N) is 1. The van der Waals surface area contributed by atoms with Crippen molar-refractivity contribution in [1.29, 1.82) is 0 Å². The average Bonchev–Trinajstić information content (AvgIpc) is 3.12. The van der Waals surface area contributed by atoms with Gasteiger partial charge in [0.1, 0.15) is 17.1 Å². The third-order valence-corrected chi connectivity index (χ3v) is 6.10. The van der Waals surface area contributed by atoms with Crippen LogP contribution < -0.4 is 5.73 Å². The fourth-order valence-electron chi connectivity index (χ4n) is 4.47. The van der Waals surface area contributed by atoms with Crippen molar-refractivity contribution in [1.82, 2.24) is 19.9 Å². The van der Waals surface area contributed by atoms with Crippen molar-refractivity contribution in [2.24, 2.45) is 17.6 Å². The molecule has 0 aliphatic carbocycles. The molecule has 7 nitrogen and oxygen atoms in total. The molecule has 1 amide bonds. The number of aromatic nitrogens is 3. The second-order valence-corrected chi connectivity index (χ2v) is 7.90. The molecular weight excluding hydrogens is 392 g/mol. The predicted octanol–water partition coefficient (Wildman–Crippen LogP) is 2.16. The standard InChI is InChI=1S/C21H23F2N5O2/c1-11-9-28(18(29)6-24)10-12(2)21(11,30)14-7-26-17(5-15(14)22)13-3-4-25-20-19(13)16(23)8-27-20/h3-5,7-8,11-12,30H,6,9-10,24H2,1-2H3,(H,25,27)/t11-,12+,21?. The maximum Gasteiger partial charge on any atom is 0.236 e. The third kappa shape index (κ3) is 3.05. The van der Waals surface area contributed by atoms with Gasteiger partial charge in [0.2, 0.25) is 5.91 Å². The van der Waals surface area contributed by atoms with E-state index < -0.39 is 29.1 Å². The Kier molecular flexibility index (Phi) is 5.03. The molecule has 0 radical (unpaired) electrons. The number of hydrogen-bond acceptors (Lipinski definition) is 5. The largest absolute Gasteiger partial charge is 0.384 e. The number of rotatable bonds is 3. The van der Waals surface area contributed by atoms with Gasteiger partial charge in [-0.2, -0.15) is 0 Å². The van der Waals surface area contributed by atoms with Gasteiger partial charge in [0.15, 0.2) is 5.82 Å². The van der Waals surface area contributed by atoms with Crippen LogP contribution >= 0.6 is 0 Å². The molecule has 9 heteroatoms. The Morgan fingerprint density at radius 3 is 2.63 bits per heavy atom. The number of carbonyl (C=O) groups excluding carboxylic acids is 1. The van der Waals surface area contributed by atoms with E-state index in [1.54, 1.807) is 24.8 Å². The van der Waals surface area contributed by atoms with E-state index in [0.717, 1.165) is 0 Å². The van der Waals surface area contributed by atoms with E-state index in [1.807, 2.05) is 0 Å². The number of aromatic amines is 1. The smallest absolute Gasteiger partial charge is 0.236 e. The summed E-state index contributed by atoms with van der Waals surface area (Å²) in [7, 11) is 0. The molecule has 158 valence electrons. The fourth-order valence-corrected chi connectivity index (χ4v) is 4.47. The molecule has 1 aliphatic heterocycles. The van der Waals surface area contributed by atoms with E-state index >= 15 is 4.39 Å². The number of hydrogen-bond donors (Lipinski definition) is 3. The lowest BCUT2D eigenvalue weighted by atomic mass is 9.71. The van der Waals surface area contributed by atoms with Gasteiger partial charge in [-0.3, -0.25) is 9.78 Å². The van der Waals surface area contributed by atoms with E-state index in [9.17, 15) is 14.3 Å². The van der Waals surface area contributed by atoms with Crippen molar-refractivity contribution in [2.75, 3.05) is 19.6 Å². The molecule has 1 fully saturated rings. The van der Waals surface area contributed by atoms with Crippen molar-refractivity contribution < 1.29 is 18.7 Å². The summed E-state index contributed by atoms with van der Waals surface area (Å²) in [6.45, 7) is 3.94. The number of H-pyrrole nitrogens is 1. The summed E-state index contributed by atoms with van der Waals surface area (Å²) >= 11 is 0. The monoisotopic (exact) mass is 415 g/mol. The Balaban J connectivity index is 1.73. The first kappa shape index (κ1) is 20.4. The van der Waals surface area contributed by atoms with Gasteiger partial charge in [-0.25, -0.2) is 13.8 Å². The van der Waals surface area contributed by atoms with Gasteiger partial charge in [-0.1, -0.05) is 13.8 Å². The van der Waals surface area contributed by atoms with Crippen LogP contribution in [0.2, 0.25) is 0 Å². The van der Waals surface area contributed by atoms with E-state index in [1.165, 1.54) is 24.7 Å². The third-order valence-electron chi connectivity index (χ3n) is 6.10. The highest BCUT2D eigenvalue weighted by molar-refractivity contribution is 5.92. The maximum atomic E-state index is 15.2. The van der Waals surface area contributed by atoms with Crippen LogP contribution in [0.25, 0.3) is 22.3 Å². The summed E-state index contributed by atoms with van der Waals surface area (Å²) in [5.74, 6) is -2.22. The molecule has 30 heavy (non-hydrogen) atoms. The summed E-state index contributed by atoms with van der Waals surface area (Å²) < 4.78 is 29.4. The SMILES string of the molecule is C[C@@H]1CN(C(=O)CN)C[C@H](C)C1(O)c1cnc(-c2ccnc3[nH]cc(F)c23)cc1F. The molecule has 1 saturated heterocycles. The summed E-state index contributed by atoms with van der Waals surface area (Å²) in [6.07, 6.45) is 3.98. The van der Waals surface area contributed by atoms with Crippen LogP contribution in [-0.2, 0) is 10.4 Å². The zero-order chi connectivity index (χ0) is 21.6. The number of aliphatic hydroxyl groups is 1. The lowest BCUT2D eigenvalue weighted by Gasteiger charge is -2.47. The number of carbonyl (C=O) groups is 1. The zero-order valence-electron chi connectivity index (χ0n) is 16.7. The van der Waals surface area contributed by atoms with Crippen LogP contribution in [0.1, 0.15) is 19.4 Å². The molecule has 0 bridgehead atoms. The van der Waals surface area contributed by atoms with Crippen LogP contribution in [0.5, 0.6) is 0 Å². The van der Waals surface area contributed by atoms with Crippen LogP contribution in [0.15, 0.2) is 30.7 Å². The molecule has 4 rings (SSSR count). The average molecular weight is 415 g/mol. The number of halogens is 2. The van der Waals surface area contributed by atoms with Crippen LogP contribution in [0.3, 0.4) is 0 Å². The zero-order valence-corrected chi connectivity index (χ0v) is 16.7. The Morgan fingerprint density at radius 2 is 2.00 bits per heavy atom. The minimum Gasteiger partial charge on any atom is -0.384 e. The van der Waals surface area contributed by atoms with Gasteiger partial charge < -0.3 is 20.7 Å². The van der Waals surface area contributed by atoms with Crippen LogP contribution in [-0.4, -0.2) is 50.5 Å². The van der Waals surface area contributed by atoms with Crippen molar-refractivity contribution in [3.05, 3.63) is 47.9 Å². The molecule has 3 aromatic heterocycles. The van der Waals surface area contributed by atoms with Gasteiger partial charge in [0.05, 0.1) is 17.6 Å². The predicted molar refractivity (Wildman–Crippen MR) is 107 cm³/mol. The number of nitrogens with zero attached hydrogens (tertiary/aromatic N) is 3. The van der Waals surface area contributed by atoms with Crippen molar-refractivity contribution >= 4 is 16.9 Å². The van der Waals surface area contributed by atoms with Gasteiger partial charge in [-0.05, 0) is 6.07 Å². The number of piperidine rings is 1. The van der Waals surface area contributed by atoms with E-state index in [0.29, 0.717) is 11.2 Å². The second kappa shape index (κ2) is 7.41. The molecule has 0 aromatic carbocycles. The Hall–Kier alpha value is -2.91.